The molecule has 160 valence electrons. The number of fused-ring (bicyclic) bond motifs is 1. The molecule has 1 N–H and O–H groups in total. The van der Waals surface area contributed by atoms with Crippen molar-refractivity contribution in [2.24, 2.45) is 16.0 Å². The van der Waals surface area contributed by atoms with E-state index in [4.69, 9.17) is 21.7 Å². The van der Waals surface area contributed by atoms with Crippen molar-refractivity contribution in [1.29, 1.82) is 5.41 Å². The van der Waals surface area contributed by atoms with E-state index in [-0.39, 0.29) is 17.3 Å². The number of carbonyl (C=O) groups excluding carboxylic acids is 1. The van der Waals surface area contributed by atoms with Crippen LogP contribution in [-0.2, 0) is 4.79 Å². The van der Waals surface area contributed by atoms with E-state index in [1.807, 2.05) is 50.5 Å². The van der Waals surface area contributed by atoms with Crippen molar-refractivity contribution in [3.05, 3.63) is 51.8 Å². The first-order chi connectivity index (χ1) is 14.7. The van der Waals surface area contributed by atoms with Crippen LogP contribution < -0.4 is 4.74 Å². The zero-order valence-corrected chi connectivity index (χ0v) is 19.4. The second-order valence-corrected chi connectivity index (χ2v) is 9.01. The number of halogens is 1. The van der Waals surface area contributed by atoms with Crippen molar-refractivity contribution in [3.8, 4) is 11.4 Å². The van der Waals surface area contributed by atoms with Crippen LogP contribution in [0.4, 0.5) is 0 Å². The summed E-state index contributed by atoms with van der Waals surface area (Å²) in [6, 6.07) is 7.40. The number of aryl methyl sites for hydroxylation is 1. The van der Waals surface area contributed by atoms with E-state index in [1.165, 1.54) is 16.8 Å². The maximum atomic E-state index is 12.7. The second kappa shape index (κ2) is 8.01. The first-order valence-electron chi connectivity index (χ1n) is 9.74. The van der Waals surface area contributed by atoms with Gasteiger partial charge in [-0.3, -0.25) is 10.2 Å². The van der Waals surface area contributed by atoms with Crippen LogP contribution in [0, 0.1) is 25.2 Å². The number of ether oxygens (including phenoxy) is 1. The van der Waals surface area contributed by atoms with Gasteiger partial charge in [-0.2, -0.15) is 15.1 Å². The summed E-state index contributed by atoms with van der Waals surface area (Å²) < 4.78 is 7.53. The third-order valence-electron chi connectivity index (χ3n) is 5.12. The normalized spacial score (nSPS) is 17.4. The Hall–Kier alpha value is -2.84. The number of amides is 1. The molecule has 9 heteroatoms. The summed E-state index contributed by atoms with van der Waals surface area (Å²) >= 11 is 7.56. The molecule has 0 saturated heterocycles. The molecule has 0 unspecified atom stereocenters. The van der Waals surface area contributed by atoms with E-state index in [9.17, 15) is 4.79 Å². The highest BCUT2D eigenvalue weighted by atomic mass is 35.5. The monoisotopic (exact) mass is 455 g/mol. The van der Waals surface area contributed by atoms with Gasteiger partial charge >= 0.3 is 0 Å². The highest BCUT2D eigenvalue weighted by molar-refractivity contribution is 8.27. The third kappa shape index (κ3) is 3.70. The smallest absolute Gasteiger partial charge is 0.283 e. The van der Waals surface area contributed by atoms with Crippen molar-refractivity contribution in [3.63, 3.8) is 0 Å². The third-order valence-corrected chi connectivity index (χ3v) is 6.56. The van der Waals surface area contributed by atoms with Crippen molar-refractivity contribution < 1.29 is 9.53 Å². The Labute approximate surface area is 189 Å². The number of hydrazone groups is 1. The van der Waals surface area contributed by atoms with Crippen LogP contribution in [0.25, 0.3) is 11.8 Å². The summed E-state index contributed by atoms with van der Waals surface area (Å²) in [7, 11) is 1.61. The summed E-state index contributed by atoms with van der Waals surface area (Å²) in [5.41, 5.74) is 3.66. The van der Waals surface area contributed by atoms with Gasteiger partial charge in [0.1, 0.15) is 10.8 Å². The molecular formula is C22H22ClN5O2S. The summed E-state index contributed by atoms with van der Waals surface area (Å²) in [5.74, 6) is 0.475. The van der Waals surface area contributed by atoms with E-state index in [1.54, 1.807) is 19.3 Å². The lowest BCUT2D eigenvalue weighted by atomic mass is 10.1. The molecule has 2 aliphatic heterocycles. The minimum Gasteiger partial charge on any atom is -0.495 e. The summed E-state index contributed by atoms with van der Waals surface area (Å²) in [6.45, 7) is 7.96. The quantitative estimate of drug-likeness (QED) is 0.655. The maximum absolute atomic E-state index is 12.7. The van der Waals surface area contributed by atoms with Crippen molar-refractivity contribution >= 4 is 51.4 Å². The molecule has 1 aromatic carbocycles. The molecule has 0 radical (unpaired) electrons. The van der Waals surface area contributed by atoms with Gasteiger partial charge in [-0.15, -0.1) is 0 Å². The van der Waals surface area contributed by atoms with Crippen molar-refractivity contribution in [1.82, 2.24) is 9.58 Å². The van der Waals surface area contributed by atoms with Gasteiger partial charge in [0.25, 0.3) is 5.91 Å². The molecule has 4 rings (SSSR count). The molecule has 0 bridgehead atoms. The second-order valence-electron chi connectivity index (χ2n) is 7.59. The van der Waals surface area contributed by atoms with Crippen LogP contribution in [0.3, 0.4) is 0 Å². The Bertz CT molecular complexity index is 1210. The molecule has 7 nitrogen and oxygen atoms in total. The molecule has 0 saturated carbocycles. The maximum Gasteiger partial charge on any atom is 0.283 e. The number of carbonyl (C=O) groups is 1. The van der Waals surface area contributed by atoms with E-state index >= 15 is 0 Å². The molecular weight excluding hydrogens is 434 g/mol. The minimum absolute atomic E-state index is 0.0308. The number of nitrogens with one attached hydrogen (secondary N) is 1. The average molecular weight is 456 g/mol. The summed E-state index contributed by atoms with van der Waals surface area (Å²) in [4.78, 5) is 16.9. The Morgan fingerprint density at radius 2 is 2.00 bits per heavy atom. The fraction of sp³-hybridized carbons (Fsp3) is 0.273. The predicted octanol–water partition coefficient (Wildman–Crippen LogP) is 5.03. The van der Waals surface area contributed by atoms with E-state index < -0.39 is 5.91 Å². The average Bonchev–Trinajstić information content (AvgIpc) is 3.26. The number of amidine groups is 2. The number of aliphatic imine (C=N–C) groups is 1. The van der Waals surface area contributed by atoms with Crippen molar-refractivity contribution in [2.45, 2.75) is 27.7 Å². The van der Waals surface area contributed by atoms with Gasteiger partial charge in [-0.25, -0.2) is 0 Å². The van der Waals surface area contributed by atoms with Crippen LogP contribution >= 0.6 is 23.4 Å². The lowest BCUT2D eigenvalue weighted by Gasteiger charge is -2.20. The van der Waals surface area contributed by atoms with E-state index in [0.29, 0.717) is 15.9 Å². The Kier molecular flexibility index (Phi) is 5.53. The zero-order valence-electron chi connectivity index (χ0n) is 17.9. The number of benzene rings is 1. The number of hydrogen-bond acceptors (Lipinski definition) is 5. The fourth-order valence-electron chi connectivity index (χ4n) is 3.54. The van der Waals surface area contributed by atoms with Crippen LogP contribution in [0.2, 0.25) is 5.02 Å². The van der Waals surface area contributed by atoms with Gasteiger partial charge in [-0.05, 0) is 61.5 Å². The molecule has 0 fully saturated rings. The number of methoxy groups -OCH3 is 1. The number of thioether (sulfide) groups is 1. The van der Waals surface area contributed by atoms with Gasteiger partial charge in [-0.1, -0.05) is 25.4 Å². The predicted molar refractivity (Wildman–Crippen MR) is 127 cm³/mol. The number of rotatable bonds is 4. The Morgan fingerprint density at radius 1 is 1.26 bits per heavy atom. The molecule has 1 amide bonds. The highest BCUT2D eigenvalue weighted by Crippen LogP contribution is 2.33. The van der Waals surface area contributed by atoms with Crippen LogP contribution in [-0.4, -0.2) is 38.6 Å². The van der Waals surface area contributed by atoms with Crippen LogP contribution in [0.15, 0.2) is 39.9 Å². The lowest BCUT2D eigenvalue weighted by Crippen LogP contribution is -2.35. The number of aromatic nitrogens is 1. The Balaban J connectivity index is 1.78. The molecule has 1 aromatic heterocycles. The van der Waals surface area contributed by atoms with Crippen molar-refractivity contribution in [2.75, 3.05) is 7.11 Å². The molecule has 0 atom stereocenters. The molecule has 31 heavy (non-hydrogen) atoms. The lowest BCUT2D eigenvalue weighted by molar-refractivity contribution is -0.114. The van der Waals surface area contributed by atoms with Gasteiger partial charge in [0.15, 0.2) is 5.84 Å². The van der Waals surface area contributed by atoms with Gasteiger partial charge in [0, 0.05) is 22.3 Å². The minimum atomic E-state index is -0.436. The topological polar surface area (TPSA) is 83.0 Å². The van der Waals surface area contributed by atoms with Gasteiger partial charge < -0.3 is 9.30 Å². The summed E-state index contributed by atoms with van der Waals surface area (Å²) in [5, 5.41) is 16.3. The summed E-state index contributed by atoms with van der Waals surface area (Å²) in [6.07, 6.45) is 1.70. The molecule has 2 aliphatic rings. The first kappa shape index (κ1) is 21.4. The van der Waals surface area contributed by atoms with E-state index in [0.717, 1.165) is 27.7 Å². The fourth-order valence-corrected chi connectivity index (χ4v) is 4.60. The largest absolute Gasteiger partial charge is 0.495 e. The number of nitrogens with zero attached hydrogens (tertiary/aromatic N) is 4. The van der Waals surface area contributed by atoms with Crippen LogP contribution in [0.1, 0.15) is 30.8 Å². The highest BCUT2D eigenvalue weighted by Gasteiger charge is 2.36. The Morgan fingerprint density at radius 3 is 2.68 bits per heavy atom. The van der Waals surface area contributed by atoms with Gasteiger partial charge in [0.05, 0.1) is 18.4 Å². The standard InChI is InChI=1S/C22H22ClN5O2S/c1-11(2)21-26-28-19(24)16(20(29)25-22(28)31-21)9-14-8-12(3)27(13(14)4)17-10-15(23)6-7-18(17)30-5/h6-11,24H,1-5H3. The van der Waals surface area contributed by atoms with Crippen LogP contribution in [0.5, 0.6) is 5.75 Å². The van der Waals surface area contributed by atoms with Gasteiger partial charge in [0.2, 0.25) is 5.17 Å². The molecule has 0 spiro atoms. The molecule has 3 heterocycles. The molecule has 2 aromatic rings. The SMILES string of the molecule is COc1ccc(Cl)cc1-n1c(C)cc(C=C2C(=N)N3N=C(C(C)C)SC3=NC2=O)c1C. The van der Waals surface area contributed by atoms with E-state index in [2.05, 4.69) is 10.1 Å². The zero-order chi connectivity index (χ0) is 22.4. The number of hydrogen-bond donors (Lipinski definition) is 1. The molecule has 0 aliphatic carbocycles. The first-order valence-corrected chi connectivity index (χ1v) is 10.9.